The van der Waals surface area contributed by atoms with E-state index in [1.807, 2.05) is 6.07 Å². The van der Waals surface area contributed by atoms with Gasteiger partial charge in [0.25, 0.3) is 0 Å². The van der Waals surface area contributed by atoms with Crippen LogP contribution in [0.15, 0.2) is 23.0 Å². The minimum Gasteiger partial charge on any atom is -0.472 e. The van der Waals surface area contributed by atoms with E-state index in [2.05, 4.69) is 19.2 Å². The topological polar surface area (TPSA) is 59.3 Å². The summed E-state index contributed by atoms with van der Waals surface area (Å²) in [5.41, 5.74) is 1.15. The molecule has 2 rings (SSSR count). The van der Waals surface area contributed by atoms with Gasteiger partial charge >= 0.3 is 0 Å². The molecule has 1 fully saturated rings. The molecule has 108 valence electrons. The molecule has 4 nitrogen and oxygen atoms in total. The highest BCUT2D eigenvalue weighted by molar-refractivity contribution is 7.91. The molecule has 1 aliphatic heterocycles. The lowest BCUT2D eigenvalue weighted by Gasteiger charge is -2.23. The fourth-order valence-corrected chi connectivity index (χ4v) is 4.62. The van der Waals surface area contributed by atoms with Crippen LogP contribution in [-0.2, 0) is 16.3 Å². The van der Waals surface area contributed by atoms with Crippen LogP contribution in [0.2, 0.25) is 0 Å². The quantitative estimate of drug-likeness (QED) is 0.867. The van der Waals surface area contributed by atoms with Crippen molar-refractivity contribution in [1.82, 2.24) is 5.32 Å². The molecule has 2 unspecified atom stereocenters. The van der Waals surface area contributed by atoms with E-state index in [1.54, 1.807) is 12.5 Å². The molecule has 1 saturated heterocycles. The summed E-state index contributed by atoms with van der Waals surface area (Å²) in [4.78, 5) is 0. The van der Waals surface area contributed by atoms with E-state index >= 15 is 0 Å². The van der Waals surface area contributed by atoms with Crippen molar-refractivity contribution in [2.75, 3.05) is 18.1 Å². The van der Waals surface area contributed by atoms with Crippen molar-refractivity contribution in [3.05, 3.63) is 24.2 Å². The molecule has 1 aliphatic rings. The van der Waals surface area contributed by atoms with Crippen LogP contribution in [0, 0.1) is 11.8 Å². The first-order valence-electron chi connectivity index (χ1n) is 6.91. The monoisotopic (exact) mass is 285 g/mol. The second kappa shape index (κ2) is 6.09. The van der Waals surface area contributed by atoms with Crippen molar-refractivity contribution >= 4 is 9.84 Å². The Hall–Kier alpha value is -0.810. The molecule has 0 radical (unpaired) electrons. The van der Waals surface area contributed by atoms with Gasteiger partial charge in [0.05, 0.1) is 24.0 Å². The highest BCUT2D eigenvalue weighted by Crippen LogP contribution is 2.28. The molecule has 2 heterocycles. The molecule has 0 spiro atoms. The van der Waals surface area contributed by atoms with Crippen molar-refractivity contribution < 1.29 is 12.8 Å². The SMILES string of the molecule is CC(C)NCC(Cc1ccoc1)C1CCS(=O)(=O)C1. The summed E-state index contributed by atoms with van der Waals surface area (Å²) in [6.07, 6.45) is 5.11. The Labute approximate surface area is 115 Å². The molecule has 0 aromatic carbocycles. The highest BCUT2D eigenvalue weighted by Gasteiger charge is 2.33. The standard InChI is InChI=1S/C14H23NO3S/c1-11(2)15-8-14(7-12-3-5-18-9-12)13-4-6-19(16,17)10-13/h3,5,9,11,13-15H,4,6-8,10H2,1-2H3. The van der Waals surface area contributed by atoms with Crippen molar-refractivity contribution in [3.8, 4) is 0 Å². The van der Waals surface area contributed by atoms with Gasteiger partial charge in [0.1, 0.15) is 0 Å². The number of rotatable bonds is 6. The lowest BCUT2D eigenvalue weighted by Crippen LogP contribution is -2.34. The summed E-state index contributed by atoms with van der Waals surface area (Å²) in [7, 11) is -2.81. The zero-order valence-electron chi connectivity index (χ0n) is 11.6. The van der Waals surface area contributed by atoms with Crippen LogP contribution in [0.3, 0.4) is 0 Å². The first-order valence-corrected chi connectivity index (χ1v) is 8.73. The molecular weight excluding hydrogens is 262 g/mol. The van der Waals surface area contributed by atoms with Crippen LogP contribution < -0.4 is 5.32 Å². The normalized spacial score (nSPS) is 23.8. The fourth-order valence-electron chi connectivity index (χ4n) is 2.70. The molecule has 0 aliphatic carbocycles. The molecular formula is C14H23NO3S. The summed E-state index contributed by atoms with van der Waals surface area (Å²) < 4.78 is 28.4. The Balaban J connectivity index is 2.01. The summed E-state index contributed by atoms with van der Waals surface area (Å²) in [6, 6.07) is 2.39. The van der Waals surface area contributed by atoms with Crippen LogP contribution in [0.1, 0.15) is 25.8 Å². The van der Waals surface area contributed by atoms with Crippen molar-refractivity contribution in [2.24, 2.45) is 11.8 Å². The molecule has 19 heavy (non-hydrogen) atoms. The number of hydrogen-bond acceptors (Lipinski definition) is 4. The average Bonchev–Trinajstić information content (AvgIpc) is 2.93. The van der Waals surface area contributed by atoms with Gasteiger partial charge in [-0.1, -0.05) is 13.8 Å². The Kier molecular flexibility index (Phi) is 4.68. The highest BCUT2D eigenvalue weighted by atomic mass is 32.2. The molecule has 1 N–H and O–H groups in total. The maximum absolute atomic E-state index is 11.6. The Morgan fingerprint density at radius 3 is 2.79 bits per heavy atom. The van der Waals surface area contributed by atoms with E-state index in [0.717, 1.165) is 24.9 Å². The van der Waals surface area contributed by atoms with Crippen LogP contribution in [0.4, 0.5) is 0 Å². The molecule has 1 aromatic rings. The van der Waals surface area contributed by atoms with Gasteiger partial charge in [-0.05, 0) is 42.9 Å². The third-order valence-electron chi connectivity index (χ3n) is 3.80. The van der Waals surface area contributed by atoms with Crippen LogP contribution >= 0.6 is 0 Å². The van der Waals surface area contributed by atoms with Gasteiger partial charge in [0.15, 0.2) is 9.84 Å². The number of furan rings is 1. The maximum atomic E-state index is 11.6. The van der Waals surface area contributed by atoms with Gasteiger partial charge in [0.2, 0.25) is 0 Å². The third-order valence-corrected chi connectivity index (χ3v) is 5.59. The van der Waals surface area contributed by atoms with Crippen LogP contribution in [-0.4, -0.2) is 32.5 Å². The van der Waals surface area contributed by atoms with Gasteiger partial charge in [-0.3, -0.25) is 0 Å². The number of nitrogens with one attached hydrogen (secondary N) is 1. The van der Waals surface area contributed by atoms with E-state index in [4.69, 9.17) is 4.42 Å². The van der Waals surface area contributed by atoms with Gasteiger partial charge < -0.3 is 9.73 Å². The van der Waals surface area contributed by atoms with E-state index in [-0.39, 0.29) is 5.92 Å². The minimum absolute atomic E-state index is 0.270. The summed E-state index contributed by atoms with van der Waals surface area (Å²) in [5, 5.41) is 3.44. The predicted octanol–water partition coefficient (Wildman–Crippen LogP) is 1.87. The summed E-state index contributed by atoms with van der Waals surface area (Å²) in [6.45, 7) is 5.09. The first-order chi connectivity index (χ1) is 8.96. The number of hydrogen-bond donors (Lipinski definition) is 1. The molecule has 1 aromatic heterocycles. The largest absolute Gasteiger partial charge is 0.472 e. The van der Waals surface area contributed by atoms with Gasteiger partial charge in [-0.25, -0.2) is 8.42 Å². The Morgan fingerprint density at radius 1 is 1.47 bits per heavy atom. The van der Waals surface area contributed by atoms with Crippen molar-refractivity contribution in [1.29, 1.82) is 0 Å². The Morgan fingerprint density at radius 2 is 2.26 bits per heavy atom. The van der Waals surface area contributed by atoms with Gasteiger partial charge in [0, 0.05) is 6.04 Å². The number of sulfone groups is 1. The summed E-state index contributed by atoms with van der Waals surface area (Å²) >= 11 is 0. The minimum atomic E-state index is -2.81. The molecule has 5 heteroatoms. The van der Waals surface area contributed by atoms with Gasteiger partial charge in [-0.15, -0.1) is 0 Å². The molecule has 0 saturated carbocycles. The molecule has 0 amide bonds. The fraction of sp³-hybridized carbons (Fsp3) is 0.714. The Bertz CT molecular complexity index is 479. The molecule has 0 bridgehead atoms. The van der Waals surface area contributed by atoms with Gasteiger partial charge in [-0.2, -0.15) is 0 Å². The smallest absolute Gasteiger partial charge is 0.150 e. The van der Waals surface area contributed by atoms with E-state index in [0.29, 0.717) is 23.5 Å². The third kappa shape index (κ3) is 4.35. The van der Waals surface area contributed by atoms with Crippen molar-refractivity contribution in [3.63, 3.8) is 0 Å². The van der Waals surface area contributed by atoms with E-state index < -0.39 is 9.84 Å². The van der Waals surface area contributed by atoms with E-state index in [1.165, 1.54) is 0 Å². The lowest BCUT2D eigenvalue weighted by molar-refractivity contribution is 0.333. The lowest BCUT2D eigenvalue weighted by atomic mass is 9.87. The second-order valence-corrected chi connectivity index (χ2v) is 8.05. The second-order valence-electron chi connectivity index (χ2n) is 5.82. The van der Waals surface area contributed by atoms with E-state index in [9.17, 15) is 8.42 Å². The average molecular weight is 285 g/mol. The zero-order valence-corrected chi connectivity index (χ0v) is 12.4. The van der Waals surface area contributed by atoms with Crippen LogP contribution in [0.25, 0.3) is 0 Å². The maximum Gasteiger partial charge on any atom is 0.150 e. The van der Waals surface area contributed by atoms with Crippen molar-refractivity contribution in [2.45, 2.75) is 32.7 Å². The first kappa shape index (κ1) is 14.6. The summed E-state index contributed by atoms with van der Waals surface area (Å²) in [5.74, 6) is 1.32. The predicted molar refractivity (Wildman–Crippen MR) is 75.8 cm³/mol. The zero-order chi connectivity index (χ0) is 13.9. The van der Waals surface area contributed by atoms with Crippen LogP contribution in [0.5, 0.6) is 0 Å². The molecule has 2 atom stereocenters.